The molecule has 0 aliphatic heterocycles. The van der Waals surface area contributed by atoms with E-state index in [0.29, 0.717) is 6.54 Å². The fourth-order valence-electron chi connectivity index (χ4n) is 1.29. The molecule has 16 heavy (non-hydrogen) atoms. The third-order valence-corrected chi connectivity index (χ3v) is 2.91. The lowest BCUT2D eigenvalue weighted by atomic mass is 10.2. The normalized spacial score (nSPS) is 12.1. The second kappa shape index (κ2) is 6.48. The molecule has 4 nitrogen and oxygen atoms in total. The summed E-state index contributed by atoms with van der Waals surface area (Å²) in [6.45, 7) is 2.64. The van der Waals surface area contributed by atoms with E-state index in [1.807, 2.05) is 0 Å². The van der Waals surface area contributed by atoms with Crippen molar-refractivity contribution in [3.63, 3.8) is 0 Å². The number of carbonyl (C=O) groups is 1. The highest BCUT2D eigenvalue weighted by Gasteiger charge is 2.11. The van der Waals surface area contributed by atoms with Crippen LogP contribution in [0.5, 0.6) is 5.75 Å². The quantitative estimate of drug-likeness (QED) is 0.815. The summed E-state index contributed by atoms with van der Waals surface area (Å²) in [5.41, 5.74) is 0.256. The molecule has 1 aromatic heterocycles. The molecular formula is C11H15BrN2O2. The molecule has 1 amide bonds. The lowest BCUT2D eigenvalue weighted by molar-refractivity contribution is 0.0951. The van der Waals surface area contributed by atoms with Crippen LogP contribution in [0.4, 0.5) is 0 Å². The van der Waals surface area contributed by atoms with Crippen LogP contribution < -0.4 is 5.32 Å². The summed E-state index contributed by atoms with van der Waals surface area (Å²) in [7, 11) is 0. The minimum Gasteiger partial charge on any atom is -0.505 e. The van der Waals surface area contributed by atoms with Gasteiger partial charge in [-0.05, 0) is 12.5 Å². The van der Waals surface area contributed by atoms with Crippen LogP contribution in [0.3, 0.4) is 0 Å². The molecular weight excluding hydrogens is 272 g/mol. The molecule has 1 atom stereocenters. The number of nitrogens with zero attached hydrogens (tertiary/aromatic N) is 1. The maximum absolute atomic E-state index is 11.7. The van der Waals surface area contributed by atoms with Crippen LogP contribution in [-0.2, 0) is 0 Å². The van der Waals surface area contributed by atoms with E-state index in [-0.39, 0.29) is 22.0 Å². The van der Waals surface area contributed by atoms with Crippen LogP contribution in [0.25, 0.3) is 0 Å². The molecule has 88 valence electrons. The summed E-state index contributed by atoms with van der Waals surface area (Å²) >= 11 is 3.47. The maximum atomic E-state index is 11.7. The molecule has 0 spiro atoms. The fraction of sp³-hybridized carbons (Fsp3) is 0.455. The Morgan fingerprint density at radius 2 is 2.44 bits per heavy atom. The van der Waals surface area contributed by atoms with Crippen molar-refractivity contribution < 1.29 is 9.90 Å². The maximum Gasteiger partial charge on any atom is 0.255 e. The van der Waals surface area contributed by atoms with Crippen LogP contribution in [0.1, 0.15) is 30.1 Å². The first kappa shape index (κ1) is 13.0. The Bertz CT molecular complexity index is 358. The van der Waals surface area contributed by atoms with E-state index < -0.39 is 0 Å². The molecule has 1 unspecified atom stereocenters. The Kier molecular flexibility index (Phi) is 5.25. The SMILES string of the molecule is CCCC(Br)CNC(=O)c1ccncc1O. The standard InChI is InChI=1S/C11H15BrN2O2/c1-2-3-8(12)6-14-11(16)9-4-5-13-7-10(9)15/h4-5,7-8,15H,2-3,6H2,1H3,(H,14,16). The largest absolute Gasteiger partial charge is 0.505 e. The number of hydrogen-bond acceptors (Lipinski definition) is 3. The van der Waals surface area contributed by atoms with Crippen molar-refractivity contribution in [2.24, 2.45) is 0 Å². The number of aromatic hydroxyl groups is 1. The van der Waals surface area contributed by atoms with Gasteiger partial charge in [-0.25, -0.2) is 0 Å². The lowest BCUT2D eigenvalue weighted by Gasteiger charge is -2.10. The highest BCUT2D eigenvalue weighted by Crippen LogP contribution is 2.13. The molecule has 0 aromatic carbocycles. The molecule has 0 radical (unpaired) electrons. The van der Waals surface area contributed by atoms with Crippen LogP contribution in [0.15, 0.2) is 18.5 Å². The smallest absolute Gasteiger partial charge is 0.255 e. The second-order valence-electron chi connectivity index (χ2n) is 3.49. The van der Waals surface area contributed by atoms with Crippen molar-refractivity contribution in [1.82, 2.24) is 10.3 Å². The van der Waals surface area contributed by atoms with Crippen molar-refractivity contribution in [2.75, 3.05) is 6.54 Å². The molecule has 0 aliphatic carbocycles. The summed E-state index contributed by atoms with van der Waals surface area (Å²) in [6, 6.07) is 1.49. The van der Waals surface area contributed by atoms with Gasteiger partial charge in [-0.15, -0.1) is 0 Å². The zero-order chi connectivity index (χ0) is 12.0. The zero-order valence-electron chi connectivity index (χ0n) is 9.11. The molecule has 2 N–H and O–H groups in total. The van der Waals surface area contributed by atoms with E-state index in [1.165, 1.54) is 18.5 Å². The third-order valence-electron chi connectivity index (χ3n) is 2.13. The van der Waals surface area contributed by atoms with E-state index >= 15 is 0 Å². The Labute approximate surface area is 103 Å². The average Bonchev–Trinajstić information content (AvgIpc) is 2.27. The molecule has 0 fully saturated rings. The van der Waals surface area contributed by atoms with Crippen LogP contribution >= 0.6 is 15.9 Å². The minimum atomic E-state index is -0.277. The average molecular weight is 287 g/mol. The molecule has 1 rings (SSSR count). The number of hydrogen-bond donors (Lipinski definition) is 2. The Morgan fingerprint density at radius 1 is 1.69 bits per heavy atom. The van der Waals surface area contributed by atoms with Gasteiger partial charge in [0.25, 0.3) is 5.91 Å². The summed E-state index contributed by atoms with van der Waals surface area (Å²) < 4.78 is 0. The monoisotopic (exact) mass is 286 g/mol. The second-order valence-corrected chi connectivity index (χ2v) is 4.78. The van der Waals surface area contributed by atoms with Crippen molar-refractivity contribution >= 4 is 21.8 Å². The van der Waals surface area contributed by atoms with Crippen molar-refractivity contribution in [2.45, 2.75) is 24.6 Å². The van der Waals surface area contributed by atoms with E-state index in [9.17, 15) is 9.90 Å². The highest BCUT2D eigenvalue weighted by atomic mass is 79.9. The number of amides is 1. The number of carbonyl (C=O) groups excluding carboxylic acids is 1. The topological polar surface area (TPSA) is 62.2 Å². The van der Waals surface area contributed by atoms with E-state index in [1.54, 1.807) is 0 Å². The Hall–Kier alpha value is -1.10. The summed E-state index contributed by atoms with van der Waals surface area (Å²) in [4.78, 5) is 15.6. The van der Waals surface area contributed by atoms with Crippen LogP contribution in [-0.4, -0.2) is 27.4 Å². The van der Waals surface area contributed by atoms with E-state index in [0.717, 1.165) is 12.8 Å². The van der Waals surface area contributed by atoms with Gasteiger partial charge in [-0.2, -0.15) is 0 Å². The third kappa shape index (κ3) is 3.81. The summed E-state index contributed by atoms with van der Waals surface area (Å²) in [5.74, 6) is -0.373. The van der Waals surface area contributed by atoms with Crippen LogP contribution in [0.2, 0.25) is 0 Å². The first-order chi connectivity index (χ1) is 7.65. The van der Waals surface area contributed by atoms with Gasteiger partial charge in [-0.1, -0.05) is 29.3 Å². The molecule has 0 saturated carbocycles. The van der Waals surface area contributed by atoms with Gasteiger partial charge in [0.1, 0.15) is 5.75 Å². The number of pyridine rings is 1. The molecule has 0 aliphatic rings. The van der Waals surface area contributed by atoms with Crippen molar-refractivity contribution in [1.29, 1.82) is 0 Å². The molecule has 1 heterocycles. The van der Waals surface area contributed by atoms with Gasteiger partial charge in [0, 0.05) is 17.6 Å². The van der Waals surface area contributed by atoms with Crippen LogP contribution in [0, 0.1) is 0 Å². The van der Waals surface area contributed by atoms with Crippen molar-refractivity contribution in [3.05, 3.63) is 24.0 Å². The van der Waals surface area contributed by atoms with Gasteiger partial charge >= 0.3 is 0 Å². The summed E-state index contributed by atoms with van der Waals surface area (Å²) in [6.07, 6.45) is 4.80. The first-order valence-corrected chi connectivity index (χ1v) is 6.12. The van der Waals surface area contributed by atoms with Gasteiger partial charge in [-0.3, -0.25) is 9.78 Å². The van der Waals surface area contributed by atoms with Gasteiger partial charge in [0.05, 0.1) is 11.8 Å². The zero-order valence-corrected chi connectivity index (χ0v) is 10.7. The molecule has 0 bridgehead atoms. The van der Waals surface area contributed by atoms with E-state index in [4.69, 9.17) is 0 Å². The number of alkyl halides is 1. The lowest BCUT2D eigenvalue weighted by Crippen LogP contribution is -2.29. The van der Waals surface area contributed by atoms with Gasteiger partial charge in [0.15, 0.2) is 0 Å². The number of nitrogens with one attached hydrogen (secondary N) is 1. The van der Waals surface area contributed by atoms with Crippen molar-refractivity contribution in [3.8, 4) is 5.75 Å². The number of halogens is 1. The van der Waals surface area contributed by atoms with Gasteiger partial charge in [0.2, 0.25) is 0 Å². The number of rotatable bonds is 5. The molecule has 1 aromatic rings. The minimum absolute atomic E-state index is 0.0957. The Morgan fingerprint density at radius 3 is 3.06 bits per heavy atom. The Balaban J connectivity index is 2.50. The predicted octanol–water partition coefficient (Wildman–Crippen LogP) is 2.08. The predicted molar refractivity (Wildman–Crippen MR) is 65.9 cm³/mol. The molecule has 5 heteroatoms. The number of aromatic nitrogens is 1. The van der Waals surface area contributed by atoms with E-state index in [2.05, 4.69) is 33.2 Å². The first-order valence-electron chi connectivity index (χ1n) is 5.20. The summed E-state index contributed by atoms with van der Waals surface area (Å²) in [5, 5.41) is 12.2. The highest BCUT2D eigenvalue weighted by molar-refractivity contribution is 9.09. The fourth-order valence-corrected chi connectivity index (χ4v) is 1.91. The molecule has 0 saturated heterocycles. The van der Waals surface area contributed by atoms with Gasteiger partial charge < -0.3 is 10.4 Å².